The number of anilines is 1. The summed E-state index contributed by atoms with van der Waals surface area (Å²) in [5.74, 6) is -0.306. The van der Waals surface area contributed by atoms with E-state index in [-0.39, 0.29) is 24.2 Å². The fraction of sp³-hybridized carbons (Fsp3) is 0.500. The molecule has 4 rings (SSSR count). The van der Waals surface area contributed by atoms with Crippen molar-refractivity contribution in [1.82, 2.24) is 9.88 Å². The van der Waals surface area contributed by atoms with E-state index in [2.05, 4.69) is 10.2 Å². The van der Waals surface area contributed by atoms with Crippen LogP contribution >= 0.6 is 0 Å². The highest BCUT2D eigenvalue weighted by atomic mass is 19.1. The van der Waals surface area contributed by atoms with Crippen LogP contribution in [0.4, 0.5) is 10.1 Å². The van der Waals surface area contributed by atoms with E-state index < -0.39 is 6.04 Å². The van der Waals surface area contributed by atoms with Gasteiger partial charge in [0.15, 0.2) is 0 Å². The number of nitrogens with zero attached hydrogens (tertiary/aromatic N) is 2. The van der Waals surface area contributed by atoms with Crippen LogP contribution in [0.5, 0.6) is 0 Å². The lowest BCUT2D eigenvalue weighted by Crippen LogP contribution is -2.41. The summed E-state index contributed by atoms with van der Waals surface area (Å²) in [6.45, 7) is 1.76. The fourth-order valence-corrected chi connectivity index (χ4v) is 4.21. The van der Waals surface area contributed by atoms with Gasteiger partial charge in [-0.2, -0.15) is 0 Å². The number of hydrogen-bond acceptors (Lipinski definition) is 4. The molecule has 2 amide bonds. The number of carbonyl (C=O) groups excluding carboxylic acids is 2. The van der Waals surface area contributed by atoms with Crippen molar-refractivity contribution in [3.8, 4) is 0 Å². The van der Waals surface area contributed by atoms with E-state index in [0.717, 1.165) is 43.1 Å². The van der Waals surface area contributed by atoms with Crippen LogP contribution in [0, 0.1) is 11.7 Å². The van der Waals surface area contributed by atoms with Gasteiger partial charge in [-0.15, -0.1) is 0 Å². The monoisotopic (exact) mass is 373 g/mol. The summed E-state index contributed by atoms with van der Waals surface area (Å²) in [4.78, 5) is 25.5. The van der Waals surface area contributed by atoms with E-state index in [0.29, 0.717) is 24.4 Å². The fourth-order valence-electron chi connectivity index (χ4n) is 4.21. The molecule has 2 aromatic rings. The Balaban J connectivity index is 1.57. The summed E-state index contributed by atoms with van der Waals surface area (Å²) in [7, 11) is 0. The van der Waals surface area contributed by atoms with E-state index in [1.165, 1.54) is 6.07 Å². The Morgan fingerprint density at radius 3 is 2.48 bits per heavy atom. The summed E-state index contributed by atoms with van der Waals surface area (Å²) in [6.07, 6.45) is 7.12. The number of aliphatic hydroxyl groups excluding tert-OH is 1. The Hall–Kier alpha value is -2.41. The van der Waals surface area contributed by atoms with Crippen LogP contribution in [0.2, 0.25) is 0 Å². The molecule has 7 heteroatoms. The molecule has 1 aromatic carbocycles. The Kier molecular flexibility index (Phi) is 4.86. The molecule has 144 valence electrons. The summed E-state index contributed by atoms with van der Waals surface area (Å²) >= 11 is 0. The zero-order chi connectivity index (χ0) is 19.0. The topological polar surface area (TPSA) is 74.6 Å². The van der Waals surface area contributed by atoms with Gasteiger partial charge in [0.25, 0.3) is 0 Å². The number of carbonyl (C=O) groups is 2. The Morgan fingerprint density at radius 1 is 1.11 bits per heavy atom. The minimum Gasteiger partial charge on any atom is -0.396 e. The molecule has 2 fully saturated rings. The van der Waals surface area contributed by atoms with Crippen molar-refractivity contribution in [2.24, 2.45) is 5.92 Å². The SMILES string of the molecule is O=C1CCC(n2cc3cc(F)c(N4CCC(CCO)CC4)cc3c2)C(=O)N1. The number of rotatable bonds is 4. The first-order valence-corrected chi connectivity index (χ1v) is 9.55. The second-order valence-electron chi connectivity index (χ2n) is 7.55. The molecule has 3 heterocycles. The Labute approximate surface area is 156 Å². The predicted octanol–water partition coefficient (Wildman–Crippen LogP) is 2.36. The molecule has 1 atom stereocenters. The van der Waals surface area contributed by atoms with E-state index >= 15 is 0 Å². The number of benzene rings is 1. The van der Waals surface area contributed by atoms with Crippen LogP contribution in [0.1, 0.15) is 38.1 Å². The predicted molar refractivity (Wildman–Crippen MR) is 100.0 cm³/mol. The maximum absolute atomic E-state index is 14.7. The van der Waals surface area contributed by atoms with Gasteiger partial charge >= 0.3 is 0 Å². The number of fused-ring (bicyclic) bond motifs is 1. The molecular weight excluding hydrogens is 349 g/mol. The van der Waals surface area contributed by atoms with Crippen molar-refractivity contribution in [3.63, 3.8) is 0 Å². The number of hydrogen-bond donors (Lipinski definition) is 2. The maximum atomic E-state index is 14.7. The molecule has 0 aliphatic carbocycles. The molecule has 1 unspecified atom stereocenters. The molecule has 1 aromatic heterocycles. The van der Waals surface area contributed by atoms with Gasteiger partial charge in [-0.3, -0.25) is 14.9 Å². The quantitative estimate of drug-likeness (QED) is 0.807. The first-order valence-electron chi connectivity index (χ1n) is 9.55. The average molecular weight is 373 g/mol. The third kappa shape index (κ3) is 3.56. The highest BCUT2D eigenvalue weighted by Crippen LogP contribution is 2.32. The average Bonchev–Trinajstić information content (AvgIpc) is 3.04. The first kappa shape index (κ1) is 18.0. The van der Waals surface area contributed by atoms with Crippen molar-refractivity contribution in [1.29, 1.82) is 0 Å². The van der Waals surface area contributed by atoms with Crippen LogP contribution in [-0.2, 0) is 9.59 Å². The van der Waals surface area contributed by atoms with Gasteiger partial charge < -0.3 is 14.6 Å². The lowest BCUT2D eigenvalue weighted by molar-refractivity contribution is -0.135. The molecule has 2 aliphatic rings. The summed E-state index contributed by atoms with van der Waals surface area (Å²) in [5.41, 5.74) is 0.589. The third-order valence-electron chi connectivity index (χ3n) is 5.79. The molecule has 2 saturated heterocycles. The molecule has 0 saturated carbocycles. The van der Waals surface area contributed by atoms with Crippen LogP contribution < -0.4 is 10.2 Å². The highest BCUT2D eigenvalue weighted by Gasteiger charge is 2.28. The van der Waals surface area contributed by atoms with Crippen molar-refractivity contribution >= 4 is 28.3 Å². The molecule has 0 spiro atoms. The number of aromatic nitrogens is 1. The molecule has 0 bridgehead atoms. The number of amides is 2. The zero-order valence-corrected chi connectivity index (χ0v) is 15.2. The summed E-state index contributed by atoms with van der Waals surface area (Å²) in [5, 5.41) is 13.1. The minimum absolute atomic E-state index is 0.207. The molecular formula is C20H24FN3O3. The zero-order valence-electron chi connectivity index (χ0n) is 15.2. The molecule has 6 nitrogen and oxygen atoms in total. The highest BCUT2D eigenvalue weighted by molar-refractivity contribution is 5.99. The van der Waals surface area contributed by atoms with Gasteiger partial charge in [0.1, 0.15) is 11.9 Å². The summed E-state index contributed by atoms with van der Waals surface area (Å²) < 4.78 is 16.5. The van der Waals surface area contributed by atoms with Gasteiger partial charge in [0.05, 0.1) is 5.69 Å². The number of aliphatic hydroxyl groups is 1. The first-order chi connectivity index (χ1) is 13.0. The molecule has 27 heavy (non-hydrogen) atoms. The number of halogens is 1. The number of piperidine rings is 2. The van der Waals surface area contributed by atoms with Gasteiger partial charge in [-0.25, -0.2) is 4.39 Å². The Morgan fingerprint density at radius 2 is 1.81 bits per heavy atom. The van der Waals surface area contributed by atoms with Gasteiger partial charge in [-0.1, -0.05) is 0 Å². The molecule has 0 radical (unpaired) electrons. The number of nitrogens with one attached hydrogen (secondary N) is 1. The molecule has 2 N–H and O–H groups in total. The third-order valence-corrected chi connectivity index (χ3v) is 5.79. The van der Waals surface area contributed by atoms with Crippen molar-refractivity contribution in [3.05, 3.63) is 30.3 Å². The van der Waals surface area contributed by atoms with Crippen molar-refractivity contribution in [2.75, 3.05) is 24.6 Å². The maximum Gasteiger partial charge on any atom is 0.249 e. The second kappa shape index (κ2) is 7.31. The normalized spacial score (nSPS) is 21.7. The Bertz CT molecular complexity index is 871. The van der Waals surface area contributed by atoms with E-state index in [1.54, 1.807) is 10.8 Å². The standard InChI is InChI=1S/C20H24FN3O3/c21-16-9-14-11-24(17-1-2-19(26)22-20(17)27)12-15(14)10-18(16)23-6-3-13(4-7-23)5-8-25/h9-13,17,25H,1-8H2,(H,22,26,27). The van der Waals surface area contributed by atoms with E-state index in [9.17, 15) is 14.0 Å². The van der Waals surface area contributed by atoms with Gasteiger partial charge in [0, 0.05) is 49.3 Å². The van der Waals surface area contributed by atoms with E-state index in [1.807, 2.05) is 12.3 Å². The van der Waals surface area contributed by atoms with Gasteiger partial charge in [-0.05, 0) is 43.7 Å². The number of imide groups is 1. The lowest BCUT2D eigenvalue weighted by Gasteiger charge is -2.33. The lowest BCUT2D eigenvalue weighted by atomic mass is 9.93. The van der Waals surface area contributed by atoms with Crippen LogP contribution in [0.25, 0.3) is 10.8 Å². The largest absolute Gasteiger partial charge is 0.396 e. The van der Waals surface area contributed by atoms with Crippen LogP contribution in [0.3, 0.4) is 0 Å². The minimum atomic E-state index is -0.434. The van der Waals surface area contributed by atoms with Crippen LogP contribution in [0.15, 0.2) is 24.5 Å². The molecule has 2 aliphatic heterocycles. The second-order valence-corrected chi connectivity index (χ2v) is 7.55. The summed E-state index contributed by atoms with van der Waals surface area (Å²) in [6, 6.07) is 2.93. The van der Waals surface area contributed by atoms with Crippen LogP contribution in [-0.4, -0.2) is 41.2 Å². The van der Waals surface area contributed by atoms with E-state index in [4.69, 9.17) is 5.11 Å². The van der Waals surface area contributed by atoms with Crippen molar-refractivity contribution in [2.45, 2.75) is 38.1 Å². The smallest absolute Gasteiger partial charge is 0.249 e. The van der Waals surface area contributed by atoms with Gasteiger partial charge in [0.2, 0.25) is 11.8 Å². The van der Waals surface area contributed by atoms with Crippen molar-refractivity contribution < 1.29 is 19.1 Å².